The first-order chi connectivity index (χ1) is 8.95. The molecule has 2 N–H and O–H groups in total. The number of ether oxygens (including phenoxy) is 1. The second-order valence-electron chi connectivity index (χ2n) is 4.69. The van der Waals surface area contributed by atoms with Crippen molar-refractivity contribution in [1.82, 2.24) is 0 Å². The van der Waals surface area contributed by atoms with Gasteiger partial charge in [0.25, 0.3) is 0 Å². The van der Waals surface area contributed by atoms with Crippen LogP contribution in [0.25, 0.3) is 0 Å². The predicted molar refractivity (Wildman–Crippen MR) is 81.5 cm³/mol. The zero-order valence-corrected chi connectivity index (χ0v) is 12.9. The van der Waals surface area contributed by atoms with Crippen LogP contribution in [0.15, 0.2) is 24.3 Å². The van der Waals surface area contributed by atoms with Gasteiger partial charge in [-0.1, -0.05) is 23.7 Å². The Labute approximate surface area is 123 Å². The van der Waals surface area contributed by atoms with Gasteiger partial charge in [0.2, 0.25) is 0 Å². The van der Waals surface area contributed by atoms with E-state index < -0.39 is 5.54 Å². The summed E-state index contributed by atoms with van der Waals surface area (Å²) in [5.41, 5.74) is 6.25. The van der Waals surface area contributed by atoms with Gasteiger partial charge in [0, 0.05) is 10.8 Å². The zero-order chi connectivity index (χ0) is 14.3. The molecule has 0 aliphatic carbocycles. The Morgan fingerprint density at radius 1 is 1.42 bits per heavy atom. The first-order valence-electron chi connectivity index (χ1n) is 6.15. The molecule has 5 heteroatoms. The van der Waals surface area contributed by atoms with Crippen LogP contribution in [0.4, 0.5) is 0 Å². The Hall–Kier alpha value is -0.710. The van der Waals surface area contributed by atoms with Crippen LogP contribution in [0, 0.1) is 0 Å². The van der Waals surface area contributed by atoms with E-state index in [1.165, 1.54) is 12.7 Å². The van der Waals surface area contributed by atoms with Crippen molar-refractivity contribution in [2.45, 2.75) is 31.1 Å². The lowest BCUT2D eigenvalue weighted by Gasteiger charge is -2.20. The van der Waals surface area contributed by atoms with Gasteiger partial charge in [-0.2, -0.15) is 11.8 Å². The molecule has 0 fully saturated rings. The van der Waals surface area contributed by atoms with E-state index in [1.807, 2.05) is 36.0 Å². The van der Waals surface area contributed by atoms with Gasteiger partial charge in [-0.25, -0.2) is 0 Å². The molecule has 0 aliphatic rings. The van der Waals surface area contributed by atoms with E-state index in [2.05, 4.69) is 4.74 Å². The minimum absolute atomic E-state index is 0.352. The second kappa shape index (κ2) is 7.78. The Bertz CT molecular complexity index is 406. The first-order valence-corrected chi connectivity index (χ1v) is 7.68. The SMILES string of the molecule is COC(=O)C(C)(N)CCCSCc1ccc(Cl)cc1. The highest BCUT2D eigenvalue weighted by Crippen LogP contribution is 2.18. The molecule has 106 valence electrons. The summed E-state index contributed by atoms with van der Waals surface area (Å²) in [4.78, 5) is 11.4. The summed E-state index contributed by atoms with van der Waals surface area (Å²) in [5.74, 6) is 1.55. The van der Waals surface area contributed by atoms with Gasteiger partial charge in [0.05, 0.1) is 7.11 Å². The van der Waals surface area contributed by atoms with Gasteiger partial charge in [-0.05, 0) is 43.2 Å². The molecule has 1 rings (SSSR count). The second-order valence-corrected chi connectivity index (χ2v) is 6.23. The summed E-state index contributed by atoms with van der Waals surface area (Å²) in [7, 11) is 1.36. The van der Waals surface area contributed by atoms with E-state index in [-0.39, 0.29) is 5.97 Å². The van der Waals surface area contributed by atoms with Gasteiger partial charge in [0.1, 0.15) is 5.54 Å². The normalized spacial score (nSPS) is 13.9. The molecule has 0 saturated heterocycles. The number of carbonyl (C=O) groups is 1. The molecule has 0 bridgehead atoms. The first kappa shape index (κ1) is 16.3. The number of benzene rings is 1. The number of esters is 1. The van der Waals surface area contributed by atoms with Gasteiger partial charge < -0.3 is 10.5 Å². The average molecular weight is 302 g/mol. The number of carbonyl (C=O) groups excluding carboxylic acids is 1. The Balaban J connectivity index is 2.21. The third-order valence-corrected chi connectivity index (χ3v) is 4.19. The summed E-state index contributed by atoms with van der Waals surface area (Å²) >= 11 is 7.65. The molecule has 0 aromatic heterocycles. The van der Waals surface area contributed by atoms with E-state index in [4.69, 9.17) is 17.3 Å². The molecule has 19 heavy (non-hydrogen) atoms. The van der Waals surface area contributed by atoms with Crippen LogP contribution in [0.1, 0.15) is 25.3 Å². The molecular formula is C14H20ClNO2S. The van der Waals surface area contributed by atoms with Crippen LogP contribution < -0.4 is 5.73 Å². The van der Waals surface area contributed by atoms with Crippen LogP contribution in [-0.2, 0) is 15.3 Å². The minimum atomic E-state index is -0.879. The maximum atomic E-state index is 11.4. The molecule has 0 saturated carbocycles. The number of nitrogens with two attached hydrogens (primary N) is 1. The zero-order valence-electron chi connectivity index (χ0n) is 11.3. The number of halogens is 1. The third-order valence-electron chi connectivity index (χ3n) is 2.82. The van der Waals surface area contributed by atoms with Crippen molar-refractivity contribution in [1.29, 1.82) is 0 Å². The fourth-order valence-electron chi connectivity index (χ4n) is 1.65. The highest BCUT2D eigenvalue weighted by molar-refractivity contribution is 7.98. The summed E-state index contributed by atoms with van der Waals surface area (Å²) in [6.45, 7) is 1.71. The quantitative estimate of drug-likeness (QED) is 0.620. The highest BCUT2D eigenvalue weighted by atomic mass is 35.5. The van der Waals surface area contributed by atoms with Crippen LogP contribution in [0.3, 0.4) is 0 Å². The highest BCUT2D eigenvalue weighted by Gasteiger charge is 2.28. The Kier molecular flexibility index (Phi) is 6.69. The number of rotatable bonds is 7. The standard InChI is InChI=1S/C14H20ClNO2S/c1-14(16,13(17)18-2)8-3-9-19-10-11-4-6-12(15)7-5-11/h4-7H,3,8-10,16H2,1-2H3. The number of thioether (sulfide) groups is 1. The summed E-state index contributed by atoms with van der Waals surface area (Å²) in [6.07, 6.45) is 1.52. The maximum Gasteiger partial charge on any atom is 0.325 e. The van der Waals surface area contributed by atoms with Crippen molar-refractivity contribution >= 4 is 29.3 Å². The fraction of sp³-hybridized carbons (Fsp3) is 0.500. The predicted octanol–water partition coefficient (Wildman–Crippen LogP) is 3.24. The van der Waals surface area contributed by atoms with Crippen LogP contribution >= 0.6 is 23.4 Å². The van der Waals surface area contributed by atoms with Crippen molar-refractivity contribution in [2.24, 2.45) is 5.73 Å². The molecule has 1 unspecified atom stereocenters. The molecule has 0 heterocycles. The van der Waals surface area contributed by atoms with Crippen LogP contribution in [0.5, 0.6) is 0 Å². The molecule has 0 spiro atoms. The van der Waals surface area contributed by atoms with Crippen molar-refractivity contribution in [2.75, 3.05) is 12.9 Å². The van der Waals surface area contributed by atoms with Gasteiger partial charge in [0.15, 0.2) is 0 Å². The molecule has 1 atom stereocenters. The summed E-state index contributed by atoms with van der Waals surface area (Å²) in [6, 6.07) is 7.84. The summed E-state index contributed by atoms with van der Waals surface area (Å²) in [5, 5.41) is 0.755. The lowest BCUT2D eigenvalue weighted by atomic mass is 9.98. The fourth-order valence-corrected chi connectivity index (χ4v) is 2.69. The Morgan fingerprint density at radius 3 is 2.63 bits per heavy atom. The molecule has 1 aromatic carbocycles. The lowest BCUT2D eigenvalue weighted by Crippen LogP contribution is -2.45. The average Bonchev–Trinajstić information content (AvgIpc) is 2.39. The topological polar surface area (TPSA) is 52.3 Å². The number of methoxy groups -OCH3 is 1. The summed E-state index contributed by atoms with van der Waals surface area (Å²) < 4.78 is 4.67. The van der Waals surface area contributed by atoms with Crippen molar-refractivity contribution < 1.29 is 9.53 Å². The van der Waals surface area contributed by atoms with E-state index in [0.29, 0.717) is 6.42 Å². The molecular weight excluding hydrogens is 282 g/mol. The Morgan fingerprint density at radius 2 is 2.05 bits per heavy atom. The van der Waals surface area contributed by atoms with Gasteiger partial charge >= 0.3 is 5.97 Å². The van der Waals surface area contributed by atoms with Gasteiger partial charge in [-0.15, -0.1) is 0 Å². The molecule has 3 nitrogen and oxygen atoms in total. The maximum absolute atomic E-state index is 11.4. The van der Waals surface area contributed by atoms with Gasteiger partial charge in [-0.3, -0.25) is 4.79 Å². The molecule has 0 aliphatic heterocycles. The van der Waals surface area contributed by atoms with Crippen LogP contribution in [0.2, 0.25) is 5.02 Å². The monoisotopic (exact) mass is 301 g/mol. The smallest absolute Gasteiger partial charge is 0.325 e. The molecule has 0 radical (unpaired) electrons. The third kappa shape index (κ3) is 5.85. The molecule has 0 amide bonds. The minimum Gasteiger partial charge on any atom is -0.468 e. The van der Waals surface area contributed by atoms with Crippen molar-refractivity contribution in [3.05, 3.63) is 34.9 Å². The lowest BCUT2D eigenvalue weighted by molar-refractivity contribution is -0.146. The largest absolute Gasteiger partial charge is 0.468 e. The number of hydrogen-bond acceptors (Lipinski definition) is 4. The number of hydrogen-bond donors (Lipinski definition) is 1. The van der Waals surface area contributed by atoms with E-state index in [0.717, 1.165) is 22.9 Å². The van der Waals surface area contributed by atoms with E-state index >= 15 is 0 Å². The van der Waals surface area contributed by atoms with Crippen molar-refractivity contribution in [3.8, 4) is 0 Å². The van der Waals surface area contributed by atoms with Crippen LogP contribution in [-0.4, -0.2) is 24.4 Å². The van der Waals surface area contributed by atoms with Crippen molar-refractivity contribution in [3.63, 3.8) is 0 Å². The molecule has 1 aromatic rings. The van der Waals surface area contributed by atoms with E-state index in [9.17, 15) is 4.79 Å². The van der Waals surface area contributed by atoms with E-state index in [1.54, 1.807) is 6.92 Å².